The van der Waals surface area contributed by atoms with Gasteiger partial charge < -0.3 is 4.42 Å². The zero-order chi connectivity index (χ0) is 8.55. The predicted octanol–water partition coefficient (Wildman–Crippen LogP) is 2.53. The van der Waals surface area contributed by atoms with E-state index in [-0.39, 0.29) is 0 Å². The third-order valence-electron chi connectivity index (χ3n) is 1.67. The Morgan fingerprint density at radius 2 is 2.25 bits per heavy atom. The maximum atomic E-state index is 10.4. The van der Waals surface area contributed by atoms with Gasteiger partial charge in [-0.1, -0.05) is 6.07 Å². The van der Waals surface area contributed by atoms with Gasteiger partial charge in [0.2, 0.25) is 0 Å². The van der Waals surface area contributed by atoms with Crippen LogP contribution >= 0.6 is 12.6 Å². The lowest BCUT2D eigenvalue weighted by molar-refractivity contribution is 0.110. The van der Waals surface area contributed by atoms with Crippen molar-refractivity contribution in [3.05, 3.63) is 30.0 Å². The zero-order valence-corrected chi connectivity index (χ0v) is 7.04. The second kappa shape index (κ2) is 2.68. The molecule has 1 aromatic heterocycles. The van der Waals surface area contributed by atoms with Gasteiger partial charge >= 0.3 is 0 Å². The Bertz CT molecular complexity index is 431. The zero-order valence-electron chi connectivity index (χ0n) is 6.15. The fourth-order valence-corrected chi connectivity index (χ4v) is 1.38. The standard InChI is InChI=1S/C9H6O2S/c10-5-6-4-7-8(11-6)2-1-3-9(7)12/h1-5,12H. The van der Waals surface area contributed by atoms with Crippen LogP contribution in [0.4, 0.5) is 0 Å². The summed E-state index contributed by atoms with van der Waals surface area (Å²) < 4.78 is 5.18. The first kappa shape index (κ1) is 7.43. The van der Waals surface area contributed by atoms with Crippen LogP contribution in [0.25, 0.3) is 11.0 Å². The van der Waals surface area contributed by atoms with Gasteiger partial charge in [0, 0.05) is 10.3 Å². The summed E-state index contributed by atoms with van der Waals surface area (Å²) in [6.45, 7) is 0. The normalized spacial score (nSPS) is 10.4. The molecule has 0 fully saturated rings. The molecule has 0 aliphatic heterocycles. The van der Waals surface area contributed by atoms with Gasteiger partial charge in [0.1, 0.15) is 5.58 Å². The number of thiol groups is 1. The van der Waals surface area contributed by atoms with Gasteiger partial charge in [-0.2, -0.15) is 0 Å². The van der Waals surface area contributed by atoms with Crippen LogP contribution in [-0.2, 0) is 0 Å². The van der Waals surface area contributed by atoms with Crippen LogP contribution in [0.5, 0.6) is 0 Å². The minimum atomic E-state index is 0.339. The Morgan fingerprint density at radius 3 is 2.92 bits per heavy atom. The first-order chi connectivity index (χ1) is 5.81. The van der Waals surface area contributed by atoms with Crippen molar-refractivity contribution in [2.75, 3.05) is 0 Å². The smallest absolute Gasteiger partial charge is 0.185 e. The topological polar surface area (TPSA) is 30.2 Å². The highest BCUT2D eigenvalue weighted by Gasteiger charge is 2.03. The summed E-state index contributed by atoms with van der Waals surface area (Å²) in [6.07, 6.45) is 0.688. The monoisotopic (exact) mass is 178 g/mol. The number of carbonyl (C=O) groups excluding carboxylic acids is 1. The van der Waals surface area contributed by atoms with Crippen molar-refractivity contribution in [1.82, 2.24) is 0 Å². The third kappa shape index (κ3) is 1.02. The second-order valence-electron chi connectivity index (χ2n) is 2.46. The predicted molar refractivity (Wildman–Crippen MR) is 48.9 cm³/mol. The Labute approximate surface area is 74.6 Å². The second-order valence-corrected chi connectivity index (χ2v) is 2.94. The molecule has 1 aromatic carbocycles. The molecule has 12 heavy (non-hydrogen) atoms. The largest absolute Gasteiger partial charge is 0.453 e. The molecular weight excluding hydrogens is 172 g/mol. The van der Waals surface area contributed by atoms with Gasteiger partial charge in [0.05, 0.1) is 0 Å². The lowest BCUT2D eigenvalue weighted by Gasteiger charge is -1.89. The van der Waals surface area contributed by atoms with Crippen LogP contribution in [0, 0.1) is 0 Å². The number of hydrogen-bond donors (Lipinski definition) is 1. The molecule has 2 nitrogen and oxygen atoms in total. The summed E-state index contributed by atoms with van der Waals surface area (Å²) in [5.41, 5.74) is 0.699. The van der Waals surface area contributed by atoms with Gasteiger partial charge in [-0.3, -0.25) is 4.79 Å². The molecule has 0 unspecified atom stereocenters. The summed E-state index contributed by atoms with van der Waals surface area (Å²) in [6, 6.07) is 7.19. The lowest BCUT2D eigenvalue weighted by Crippen LogP contribution is -1.66. The quantitative estimate of drug-likeness (QED) is 0.537. The summed E-state index contributed by atoms with van der Waals surface area (Å²) in [5, 5.41) is 0.878. The van der Waals surface area contributed by atoms with Crippen LogP contribution in [0.15, 0.2) is 33.6 Å². The Balaban J connectivity index is 2.82. The van der Waals surface area contributed by atoms with E-state index in [1.165, 1.54) is 0 Å². The SMILES string of the molecule is O=Cc1cc2c(S)cccc2o1. The van der Waals surface area contributed by atoms with E-state index in [0.29, 0.717) is 17.6 Å². The Kier molecular flexibility index (Phi) is 1.66. The van der Waals surface area contributed by atoms with Crippen LogP contribution in [0.1, 0.15) is 10.6 Å². The first-order valence-corrected chi connectivity index (χ1v) is 3.92. The number of rotatable bonds is 1. The molecule has 1 heterocycles. The van der Waals surface area contributed by atoms with Gasteiger partial charge in [-0.15, -0.1) is 12.6 Å². The van der Waals surface area contributed by atoms with Crippen molar-refractivity contribution in [1.29, 1.82) is 0 Å². The van der Waals surface area contributed by atoms with Gasteiger partial charge in [0.15, 0.2) is 12.0 Å². The summed E-state index contributed by atoms with van der Waals surface area (Å²) in [5.74, 6) is 0.339. The highest BCUT2D eigenvalue weighted by atomic mass is 32.1. The number of hydrogen-bond acceptors (Lipinski definition) is 3. The molecule has 2 aromatic rings. The molecule has 0 aliphatic carbocycles. The van der Waals surface area contributed by atoms with Crippen molar-refractivity contribution >= 4 is 29.9 Å². The van der Waals surface area contributed by atoms with E-state index < -0.39 is 0 Å². The van der Waals surface area contributed by atoms with Crippen molar-refractivity contribution < 1.29 is 9.21 Å². The molecule has 2 rings (SSSR count). The molecule has 0 atom stereocenters. The highest BCUT2D eigenvalue weighted by Crippen LogP contribution is 2.24. The summed E-state index contributed by atoms with van der Waals surface area (Å²) in [4.78, 5) is 11.2. The third-order valence-corrected chi connectivity index (χ3v) is 2.06. The van der Waals surface area contributed by atoms with Crippen LogP contribution in [0.3, 0.4) is 0 Å². The maximum Gasteiger partial charge on any atom is 0.185 e. The molecule has 0 radical (unpaired) electrons. The number of aldehydes is 1. The summed E-state index contributed by atoms with van der Waals surface area (Å²) in [7, 11) is 0. The highest BCUT2D eigenvalue weighted by molar-refractivity contribution is 7.80. The molecule has 60 valence electrons. The average molecular weight is 178 g/mol. The molecule has 0 aliphatic rings. The molecule has 0 N–H and O–H groups in total. The average Bonchev–Trinajstić information content (AvgIpc) is 2.49. The Hall–Kier alpha value is -1.22. The fourth-order valence-electron chi connectivity index (χ4n) is 1.12. The minimum Gasteiger partial charge on any atom is -0.453 e. The first-order valence-electron chi connectivity index (χ1n) is 3.48. The van der Waals surface area contributed by atoms with E-state index in [0.717, 1.165) is 10.3 Å². The summed E-state index contributed by atoms with van der Waals surface area (Å²) >= 11 is 4.23. The molecule has 0 saturated carbocycles. The van der Waals surface area contributed by atoms with Crippen molar-refractivity contribution in [3.8, 4) is 0 Å². The molecule has 0 saturated heterocycles. The van der Waals surface area contributed by atoms with Crippen LogP contribution < -0.4 is 0 Å². The molecule has 0 spiro atoms. The van der Waals surface area contributed by atoms with Gasteiger partial charge in [0.25, 0.3) is 0 Å². The minimum absolute atomic E-state index is 0.339. The van der Waals surface area contributed by atoms with Crippen molar-refractivity contribution in [2.45, 2.75) is 4.90 Å². The fraction of sp³-hybridized carbons (Fsp3) is 0. The van der Waals surface area contributed by atoms with Crippen molar-refractivity contribution in [3.63, 3.8) is 0 Å². The maximum absolute atomic E-state index is 10.4. The van der Waals surface area contributed by atoms with Gasteiger partial charge in [-0.25, -0.2) is 0 Å². The Morgan fingerprint density at radius 1 is 1.42 bits per heavy atom. The van der Waals surface area contributed by atoms with Crippen molar-refractivity contribution in [2.24, 2.45) is 0 Å². The number of carbonyl (C=O) groups is 1. The number of furan rings is 1. The number of benzene rings is 1. The van der Waals surface area contributed by atoms with Crippen LogP contribution in [-0.4, -0.2) is 6.29 Å². The van der Waals surface area contributed by atoms with Crippen LogP contribution in [0.2, 0.25) is 0 Å². The molecule has 0 amide bonds. The van der Waals surface area contributed by atoms with E-state index in [2.05, 4.69) is 12.6 Å². The van der Waals surface area contributed by atoms with Gasteiger partial charge in [-0.05, 0) is 18.2 Å². The lowest BCUT2D eigenvalue weighted by atomic mass is 10.2. The van der Waals surface area contributed by atoms with E-state index in [1.807, 2.05) is 18.2 Å². The van der Waals surface area contributed by atoms with E-state index in [9.17, 15) is 4.79 Å². The van der Waals surface area contributed by atoms with E-state index in [4.69, 9.17) is 4.42 Å². The number of fused-ring (bicyclic) bond motifs is 1. The molecule has 3 heteroatoms. The molecule has 0 bridgehead atoms. The van der Waals surface area contributed by atoms with E-state index >= 15 is 0 Å². The van der Waals surface area contributed by atoms with E-state index in [1.54, 1.807) is 6.07 Å². The molecular formula is C9H6O2S.